The van der Waals surface area contributed by atoms with E-state index in [9.17, 15) is 0 Å². The van der Waals surface area contributed by atoms with E-state index in [0.29, 0.717) is 31.3 Å². The van der Waals surface area contributed by atoms with Crippen molar-refractivity contribution in [3.05, 3.63) is 23.7 Å². The van der Waals surface area contributed by atoms with Gasteiger partial charge in [0.05, 0.1) is 40.4 Å². The largest absolute Gasteiger partial charge is 0.383 e. The van der Waals surface area contributed by atoms with Crippen LogP contribution in [0.5, 0.6) is 0 Å². The summed E-state index contributed by atoms with van der Waals surface area (Å²) in [5.41, 5.74) is 1.91. The molecule has 37 heavy (non-hydrogen) atoms. The maximum atomic E-state index is 15.3. The Bertz CT molecular complexity index is 1290. The standard InChI is InChI=1S/C26H35FN6O3S/c1-13-18(23-32-19-14(2)28-9-8-17(19)37-23)22(33-24(30-13)29-10-11-34-7)31-16-12-15(25(3,4)27)20-21(16)36-26(5,6)35-20/h8-9,15-16,20-21H,10-12H2,1-7H3,(H2,29,30,31,33)/t15-,16+,20+,21-/m0/s1. The first-order valence-electron chi connectivity index (χ1n) is 12.6. The van der Waals surface area contributed by atoms with Gasteiger partial charge in [-0.15, -0.1) is 11.3 Å². The predicted octanol–water partition coefficient (Wildman–Crippen LogP) is 4.89. The molecule has 1 saturated heterocycles. The van der Waals surface area contributed by atoms with Crippen molar-refractivity contribution in [3.8, 4) is 10.6 Å². The molecular formula is C26H35FN6O3S. The van der Waals surface area contributed by atoms with Crippen molar-refractivity contribution in [2.75, 3.05) is 30.9 Å². The minimum atomic E-state index is -1.42. The molecule has 0 bridgehead atoms. The lowest BCUT2D eigenvalue weighted by molar-refractivity contribution is -0.162. The molecule has 1 saturated carbocycles. The number of hydrogen-bond donors (Lipinski definition) is 2. The molecule has 5 rings (SSSR count). The third-order valence-corrected chi connectivity index (χ3v) is 8.09. The van der Waals surface area contributed by atoms with E-state index >= 15 is 4.39 Å². The third kappa shape index (κ3) is 5.14. The maximum Gasteiger partial charge on any atom is 0.224 e. The van der Waals surface area contributed by atoms with E-state index in [2.05, 4.69) is 15.6 Å². The number of nitrogens with zero attached hydrogens (tertiary/aromatic N) is 4. The number of pyridine rings is 1. The van der Waals surface area contributed by atoms with E-state index in [1.165, 1.54) is 0 Å². The highest BCUT2D eigenvalue weighted by atomic mass is 32.1. The van der Waals surface area contributed by atoms with Gasteiger partial charge in [-0.25, -0.2) is 14.4 Å². The minimum Gasteiger partial charge on any atom is -0.383 e. The fourth-order valence-corrected chi connectivity index (χ4v) is 6.45. The second-order valence-electron chi connectivity index (χ2n) is 10.8. The average molecular weight is 531 g/mol. The summed E-state index contributed by atoms with van der Waals surface area (Å²) < 4.78 is 34.0. The molecule has 2 aliphatic rings. The van der Waals surface area contributed by atoms with Crippen molar-refractivity contribution in [1.82, 2.24) is 19.9 Å². The van der Waals surface area contributed by atoms with Crippen LogP contribution in [0.3, 0.4) is 0 Å². The average Bonchev–Trinajstić information content (AvgIpc) is 3.45. The molecule has 1 aliphatic heterocycles. The van der Waals surface area contributed by atoms with Crippen molar-refractivity contribution >= 4 is 33.3 Å². The lowest BCUT2D eigenvalue weighted by Gasteiger charge is -2.29. The van der Waals surface area contributed by atoms with E-state index in [0.717, 1.165) is 32.2 Å². The van der Waals surface area contributed by atoms with Gasteiger partial charge in [0.25, 0.3) is 0 Å². The first-order valence-corrected chi connectivity index (χ1v) is 13.4. The fourth-order valence-electron chi connectivity index (χ4n) is 5.34. The van der Waals surface area contributed by atoms with E-state index < -0.39 is 11.5 Å². The Kier molecular flexibility index (Phi) is 6.84. The van der Waals surface area contributed by atoms with Crippen LogP contribution in [0.15, 0.2) is 12.3 Å². The summed E-state index contributed by atoms with van der Waals surface area (Å²) in [5.74, 6) is 0.0132. The van der Waals surface area contributed by atoms with Gasteiger partial charge in [-0.3, -0.25) is 4.98 Å². The Morgan fingerprint density at radius 1 is 1.16 bits per heavy atom. The van der Waals surface area contributed by atoms with Crippen molar-refractivity contribution in [3.63, 3.8) is 0 Å². The molecule has 0 unspecified atom stereocenters. The number of fused-ring (bicyclic) bond motifs is 2. The van der Waals surface area contributed by atoms with Gasteiger partial charge < -0.3 is 24.8 Å². The fraction of sp³-hybridized carbons (Fsp3) is 0.615. The number of anilines is 2. The van der Waals surface area contributed by atoms with E-state index in [1.54, 1.807) is 38.5 Å². The summed E-state index contributed by atoms with van der Waals surface area (Å²) in [7, 11) is 1.65. The Morgan fingerprint density at radius 3 is 2.62 bits per heavy atom. The van der Waals surface area contributed by atoms with Gasteiger partial charge in [0.1, 0.15) is 28.1 Å². The topological polar surface area (TPSA) is 103 Å². The molecule has 2 fully saturated rings. The molecule has 2 N–H and O–H groups in total. The van der Waals surface area contributed by atoms with Crippen LogP contribution in [0.2, 0.25) is 0 Å². The number of aromatic nitrogens is 4. The Labute approximate surface area is 220 Å². The molecule has 0 amide bonds. The molecule has 11 heteroatoms. The Balaban J connectivity index is 1.55. The molecular weight excluding hydrogens is 495 g/mol. The van der Waals surface area contributed by atoms with Gasteiger partial charge in [-0.2, -0.15) is 4.98 Å². The SMILES string of the molecule is COCCNc1nc(C)c(-c2nc3c(C)nccc3s2)c(N[C@@H]2C[C@H](C(C)(C)F)[C@H]3OC(C)(C)O[C@H]32)n1. The number of thiazole rings is 1. The summed E-state index contributed by atoms with van der Waals surface area (Å²) in [4.78, 5) is 18.9. The summed E-state index contributed by atoms with van der Waals surface area (Å²) in [6, 6.07) is 1.76. The van der Waals surface area contributed by atoms with Crippen molar-refractivity contribution < 1.29 is 18.6 Å². The minimum absolute atomic E-state index is 0.204. The van der Waals surface area contributed by atoms with Crippen LogP contribution in [-0.2, 0) is 14.2 Å². The number of aryl methyl sites for hydroxylation is 2. The van der Waals surface area contributed by atoms with Crippen molar-refractivity contribution in [1.29, 1.82) is 0 Å². The zero-order valence-electron chi connectivity index (χ0n) is 22.4. The van der Waals surface area contributed by atoms with Crippen LogP contribution in [0.4, 0.5) is 16.2 Å². The highest BCUT2D eigenvalue weighted by Crippen LogP contribution is 2.48. The number of alkyl halides is 1. The van der Waals surface area contributed by atoms with Gasteiger partial charge in [-0.05, 0) is 54.0 Å². The zero-order chi connectivity index (χ0) is 26.5. The number of rotatable bonds is 8. The molecule has 0 spiro atoms. The van der Waals surface area contributed by atoms with Crippen LogP contribution in [-0.4, -0.2) is 69.9 Å². The van der Waals surface area contributed by atoms with E-state index in [4.69, 9.17) is 29.2 Å². The second kappa shape index (κ2) is 9.68. The summed E-state index contributed by atoms with van der Waals surface area (Å²) in [5, 5.41) is 7.64. The molecule has 3 aromatic rings. The lowest BCUT2D eigenvalue weighted by atomic mass is 9.89. The number of ether oxygens (including phenoxy) is 3. The van der Waals surface area contributed by atoms with Gasteiger partial charge in [0.2, 0.25) is 5.95 Å². The summed E-state index contributed by atoms with van der Waals surface area (Å²) in [6.07, 6.45) is 1.67. The number of hydrogen-bond acceptors (Lipinski definition) is 10. The van der Waals surface area contributed by atoms with Crippen LogP contribution in [0.25, 0.3) is 20.8 Å². The third-order valence-electron chi connectivity index (χ3n) is 7.05. The molecule has 200 valence electrons. The van der Waals surface area contributed by atoms with Gasteiger partial charge in [0, 0.05) is 25.8 Å². The van der Waals surface area contributed by atoms with Crippen LogP contribution >= 0.6 is 11.3 Å². The monoisotopic (exact) mass is 530 g/mol. The highest BCUT2D eigenvalue weighted by molar-refractivity contribution is 7.21. The van der Waals surface area contributed by atoms with Gasteiger partial charge in [-0.1, -0.05) is 0 Å². The molecule has 0 radical (unpaired) electrons. The van der Waals surface area contributed by atoms with Gasteiger partial charge >= 0.3 is 0 Å². The van der Waals surface area contributed by atoms with Crippen molar-refractivity contribution in [2.24, 2.45) is 5.92 Å². The predicted molar refractivity (Wildman–Crippen MR) is 143 cm³/mol. The van der Waals surface area contributed by atoms with Crippen LogP contribution in [0, 0.1) is 19.8 Å². The first-order chi connectivity index (χ1) is 17.5. The number of nitrogens with one attached hydrogen (secondary N) is 2. The maximum absolute atomic E-state index is 15.3. The molecule has 3 aromatic heterocycles. The number of methoxy groups -OCH3 is 1. The zero-order valence-corrected chi connectivity index (χ0v) is 23.2. The normalized spacial score (nSPS) is 25.0. The van der Waals surface area contributed by atoms with E-state index in [-0.39, 0.29) is 24.2 Å². The number of halogens is 1. The molecule has 0 aromatic carbocycles. The lowest BCUT2D eigenvalue weighted by Crippen LogP contribution is -2.36. The van der Waals surface area contributed by atoms with Gasteiger partial charge in [0.15, 0.2) is 5.79 Å². The van der Waals surface area contributed by atoms with Crippen molar-refractivity contribution in [2.45, 2.75) is 77.7 Å². The smallest absolute Gasteiger partial charge is 0.224 e. The molecule has 4 heterocycles. The summed E-state index contributed by atoms with van der Waals surface area (Å²) in [6.45, 7) is 12.0. The second-order valence-corrected chi connectivity index (χ2v) is 11.8. The van der Waals surface area contributed by atoms with E-state index in [1.807, 2.05) is 33.8 Å². The van der Waals surface area contributed by atoms with Crippen LogP contribution in [0.1, 0.15) is 45.5 Å². The quantitative estimate of drug-likeness (QED) is 0.394. The molecule has 9 nitrogen and oxygen atoms in total. The summed E-state index contributed by atoms with van der Waals surface area (Å²) >= 11 is 1.57. The van der Waals surface area contributed by atoms with Crippen LogP contribution < -0.4 is 10.6 Å². The molecule has 4 atom stereocenters. The highest BCUT2D eigenvalue weighted by Gasteiger charge is 2.58. The molecule has 1 aliphatic carbocycles. The Morgan fingerprint density at radius 2 is 1.92 bits per heavy atom. The first kappa shape index (κ1) is 26.1. The Hall–Kier alpha value is -2.47.